The Bertz CT molecular complexity index is 403. The number of halogens is 1. The van der Waals surface area contributed by atoms with E-state index < -0.39 is 31.3 Å². The molecule has 1 unspecified atom stereocenters. The van der Waals surface area contributed by atoms with Crippen molar-refractivity contribution in [3.8, 4) is 5.75 Å². The molecule has 0 aliphatic rings. The fourth-order valence-electron chi connectivity index (χ4n) is 0.847. The normalized spacial score (nSPS) is 11.1. The molecule has 1 atom stereocenters. The smallest absolute Gasteiger partial charge is 0.498 e. The molecule has 0 saturated carbocycles. The number of nitrogens with one attached hydrogen (secondary N) is 1. The first-order chi connectivity index (χ1) is 6.43. The quantitative estimate of drug-likeness (QED) is 0.467. The lowest BCUT2D eigenvalue weighted by atomic mass is 10.5. The predicted molar refractivity (Wildman–Crippen MR) is 52.8 cm³/mol. The largest absolute Gasteiger partial charge is 0.526 e. The van der Waals surface area contributed by atoms with Gasteiger partial charge in [0.05, 0.1) is 6.07 Å². The van der Waals surface area contributed by atoms with Crippen LogP contribution in [0.15, 0.2) is 6.07 Å². The third-order valence-corrected chi connectivity index (χ3v) is 3.56. The molecule has 1 rings (SSSR count). The van der Waals surface area contributed by atoms with E-state index in [-0.39, 0.29) is 5.00 Å². The highest BCUT2D eigenvalue weighted by molar-refractivity contribution is 7.66. The summed E-state index contributed by atoms with van der Waals surface area (Å²) in [7, 11) is 4.27. The van der Waals surface area contributed by atoms with Crippen LogP contribution in [0.2, 0.25) is 0 Å². The Morgan fingerprint density at radius 3 is 2.71 bits per heavy atom. The number of anilines is 1. The average Bonchev–Trinajstić information content (AvgIpc) is 2.25. The minimum absolute atomic E-state index is 0.142. The highest BCUT2D eigenvalue weighted by atomic mass is 35.7. The number of nitrogens with zero attached hydrogens (tertiary/aromatic N) is 1. The molecule has 1 heterocycles. The molecule has 14 heavy (non-hydrogen) atoms. The summed E-state index contributed by atoms with van der Waals surface area (Å²) in [5.41, 5.74) is 0. The van der Waals surface area contributed by atoms with E-state index in [1.54, 1.807) is 0 Å². The van der Waals surface area contributed by atoms with Gasteiger partial charge in [0, 0.05) is 6.92 Å². The van der Waals surface area contributed by atoms with Gasteiger partial charge in [-0.15, -0.1) is 0 Å². The Morgan fingerprint density at radius 1 is 1.79 bits per heavy atom. The molecule has 0 aromatic carbocycles. The highest BCUT2D eigenvalue weighted by Crippen LogP contribution is 2.51. The minimum atomic E-state index is -1.40. The van der Waals surface area contributed by atoms with Crippen LogP contribution < -0.4 is 5.32 Å². The van der Waals surface area contributed by atoms with Gasteiger partial charge in [-0.1, -0.05) is 0 Å². The number of amides is 1. The molecule has 76 valence electrons. The molecule has 1 aromatic heterocycles. The molecule has 0 spiro atoms. The molecule has 1 amide bonds. The molecule has 0 aliphatic heterocycles. The lowest BCUT2D eigenvalue weighted by Crippen LogP contribution is -2.03. The average molecular weight is 238 g/mol. The Labute approximate surface area is 85.7 Å². The molecule has 8 heteroatoms. The van der Waals surface area contributed by atoms with Crippen LogP contribution in [0.5, 0.6) is 5.75 Å². The Morgan fingerprint density at radius 2 is 2.36 bits per heavy atom. The molecule has 0 fully saturated rings. The number of nitro groups is 1. The summed E-state index contributed by atoms with van der Waals surface area (Å²) in [5, 5.41) is 21.5. The van der Waals surface area contributed by atoms with Crippen LogP contribution in [0.25, 0.3) is 0 Å². The van der Waals surface area contributed by atoms with Gasteiger partial charge in [0.1, 0.15) is 4.92 Å². The van der Waals surface area contributed by atoms with E-state index in [9.17, 15) is 14.9 Å². The molecule has 2 N–H and O–H groups in total. The van der Waals surface area contributed by atoms with Crippen LogP contribution in [0.1, 0.15) is 6.92 Å². The summed E-state index contributed by atoms with van der Waals surface area (Å²) in [6.45, 7) is 1.25. The summed E-state index contributed by atoms with van der Waals surface area (Å²) >= 11 is 0. The van der Waals surface area contributed by atoms with Crippen molar-refractivity contribution in [1.29, 1.82) is 0 Å². The van der Waals surface area contributed by atoms with Gasteiger partial charge >= 0.3 is 5.00 Å². The summed E-state index contributed by atoms with van der Waals surface area (Å²) in [6, 6.07) is 1.08. The number of carbonyl (C=O) groups is 1. The maximum Gasteiger partial charge on any atom is 0.526 e. The number of carbonyl (C=O) groups excluding carboxylic acids is 1. The topological polar surface area (TPSA) is 92.5 Å². The third kappa shape index (κ3) is 1.94. The molecular formula is C6H6ClN2O4S+. The number of hydrogen-bond acceptors (Lipinski definition) is 4. The summed E-state index contributed by atoms with van der Waals surface area (Å²) in [5.74, 6) is -0.913. The minimum Gasteiger partial charge on any atom is -0.498 e. The van der Waals surface area contributed by atoms with Crippen molar-refractivity contribution >= 4 is 36.3 Å². The second-order valence-corrected chi connectivity index (χ2v) is 4.66. The van der Waals surface area contributed by atoms with Gasteiger partial charge in [0.15, 0.2) is 9.68 Å². The maximum atomic E-state index is 10.7. The Kier molecular flexibility index (Phi) is 2.92. The second kappa shape index (κ2) is 3.81. The van der Waals surface area contributed by atoms with E-state index in [1.165, 1.54) is 6.92 Å². The van der Waals surface area contributed by atoms with E-state index >= 15 is 0 Å². The van der Waals surface area contributed by atoms with Crippen molar-refractivity contribution in [2.45, 2.75) is 6.92 Å². The molecule has 0 bridgehead atoms. The van der Waals surface area contributed by atoms with Crippen LogP contribution in [-0.2, 0) is 4.79 Å². The monoisotopic (exact) mass is 237 g/mol. The fourth-order valence-corrected chi connectivity index (χ4v) is 2.53. The van der Waals surface area contributed by atoms with Crippen molar-refractivity contribution < 1.29 is 14.8 Å². The first kappa shape index (κ1) is 10.7. The molecule has 1 aromatic rings. The first-order valence-corrected chi connectivity index (χ1v) is 5.46. The molecule has 0 radical (unpaired) electrons. The molecular weight excluding hydrogens is 232 g/mol. The zero-order valence-corrected chi connectivity index (χ0v) is 8.56. The van der Waals surface area contributed by atoms with Gasteiger partial charge in [-0.25, -0.2) is 0 Å². The van der Waals surface area contributed by atoms with Crippen LogP contribution in [0.4, 0.5) is 10.0 Å². The maximum absolute atomic E-state index is 10.7. The number of thiophene rings is 1. The van der Waals surface area contributed by atoms with Crippen LogP contribution >= 0.6 is 20.4 Å². The van der Waals surface area contributed by atoms with Gasteiger partial charge in [0.2, 0.25) is 16.6 Å². The van der Waals surface area contributed by atoms with Crippen LogP contribution in [-0.4, -0.2) is 15.9 Å². The van der Waals surface area contributed by atoms with Crippen molar-refractivity contribution in [3.05, 3.63) is 16.2 Å². The number of hydrogen-bond donors (Lipinski definition) is 2. The SMILES string of the molecule is CC(=O)Nc1cc(O)c([N+](=O)[O-])[s+]1Cl. The Balaban J connectivity index is 3.16. The van der Waals surface area contributed by atoms with E-state index in [0.29, 0.717) is 0 Å². The summed E-state index contributed by atoms with van der Waals surface area (Å²) in [4.78, 5) is 20.3. The molecule has 0 saturated heterocycles. The predicted octanol–water partition coefficient (Wildman–Crippen LogP) is 2.01. The Hall–Kier alpha value is -1.34. The van der Waals surface area contributed by atoms with E-state index in [4.69, 9.17) is 15.8 Å². The standard InChI is InChI=1S/C6H5ClN2O4S/c1-3(10)8-5-2-4(11)6(9(12)13)14(5)7/h2H,1H3,(H-,8,10,11)/p+1. The second-order valence-electron chi connectivity index (χ2n) is 2.39. The van der Waals surface area contributed by atoms with E-state index in [1.807, 2.05) is 0 Å². The van der Waals surface area contributed by atoms with Crippen LogP contribution in [0, 0.1) is 10.1 Å². The third-order valence-electron chi connectivity index (χ3n) is 1.31. The van der Waals surface area contributed by atoms with Gasteiger partial charge in [-0.2, -0.15) is 0 Å². The van der Waals surface area contributed by atoms with Crippen molar-refractivity contribution in [2.24, 2.45) is 0 Å². The molecule has 6 nitrogen and oxygen atoms in total. The lowest BCUT2D eigenvalue weighted by Gasteiger charge is -1.88. The van der Waals surface area contributed by atoms with Gasteiger partial charge in [0.25, 0.3) is 10.8 Å². The van der Waals surface area contributed by atoms with E-state index in [0.717, 1.165) is 6.07 Å². The zero-order valence-electron chi connectivity index (χ0n) is 6.98. The highest BCUT2D eigenvalue weighted by Gasteiger charge is 2.36. The van der Waals surface area contributed by atoms with Crippen molar-refractivity contribution in [2.75, 3.05) is 5.32 Å². The molecule has 0 aliphatic carbocycles. The van der Waals surface area contributed by atoms with Gasteiger partial charge in [-0.05, 0) is 0 Å². The number of rotatable bonds is 2. The summed E-state index contributed by atoms with van der Waals surface area (Å²) < 4.78 is 0. The first-order valence-electron chi connectivity index (χ1n) is 3.41. The zero-order chi connectivity index (χ0) is 10.9. The van der Waals surface area contributed by atoms with Crippen LogP contribution in [0.3, 0.4) is 0 Å². The van der Waals surface area contributed by atoms with Gasteiger partial charge < -0.3 is 5.11 Å². The van der Waals surface area contributed by atoms with E-state index in [2.05, 4.69) is 5.32 Å². The lowest BCUT2D eigenvalue weighted by molar-refractivity contribution is -0.381. The van der Waals surface area contributed by atoms with Crippen molar-refractivity contribution in [1.82, 2.24) is 0 Å². The van der Waals surface area contributed by atoms with Crippen molar-refractivity contribution in [3.63, 3.8) is 0 Å². The van der Waals surface area contributed by atoms with Gasteiger partial charge in [-0.3, -0.25) is 20.2 Å². The fraction of sp³-hybridized carbons (Fsp3) is 0.167. The number of aromatic hydroxyl groups is 1. The summed E-state index contributed by atoms with van der Waals surface area (Å²) in [6.07, 6.45) is 0.